The van der Waals surface area contributed by atoms with Crippen LogP contribution in [0.3, 0.4) is 0 Å². The van der Waals surface area contributed by atoms with Gasteiger partial charge in [-0.05, 0) is 53.1 Å². The molecule has 5 aromatic rings. The maximum atomic E-state index is 4.87. The van der Waals surface area contributed by atoms with E-state index in [1.807, 2.05) is 31.2 Å². The van der Waals surface area contributed by atoms with Gasteiger partial charge < -0.3 is 0 Å². The molecule has 4 aromatic carbocycles. The van der Waals surface area contributed by atoms with Gasteiger partial charge in [0.25, 0.3) is 0 Å². The first-order valence-electron chi connectivity index (χ1n) is 9.11. The molecule has 128 valence electrons. The van der Waals surface area contributed by atoms with Gasteiger partial charge in [0.1, 0.15) is 0 Å². The van der Waals surface area contributed by atoms with Crippen LogP contribution >= 0.6 is 0 Å². The second-order valence-corrected chi connectivity index (χ2v) is 6.79. The number of nitrogens with zero attached hydrogens (tertiary/aromatic N) is 2. The van der Waals surface area contributed by atoms with E-state index in [0.29, 0.717) is 0 Å². The van der Waals surface area contributed by atoms with E-state index < -0.39 is 0 Å². The molecule has 2 nitrogen and oxygen atoms in total. The third-order valence-electron chi connectivity index (χ3n) is 4.96. The molecule has 0 bridgehead atoms. The van der Waals surface area contributed by atoms with Crippen molar-refractivity contribution in [2.24, 2.45) is 0 Å². The Kier molecular flexibility index (Phi) is 3.68. The number of hydrogen-bond donors (Lipinski definition) is 0. The van der Waals surface area contributed by atoms with Crippen molar-refractivity contribution in [1.82, 2.24) is 9.97 Å². The summed E-state index contributed by atoms with van der Waals surface area (Å²) in [4.78, 5) is 9.60. The Bertz CT molecular complexity index is 1290. The summed E-state index contributed by atoms with van der Waals surface area (Å²) in [5.74, 6) is 0. The number of hydrogen-bond acceptors (Lipinski definition) is 2. The van der Waals surface area contributed by atoms with Crippen molar-refractivity contribution in [1.29, 1.82) is 0 Å². The Morgan fingerprint density at radius 3 is 2.04 bits per heavy atom. The molecule has 0 spiro atoms. The van der Waals surface area contributed by atoms with E-state index in [1.165, 1.54) is 21.9 Å². The van der Waals surface area contributed by atoms with Crippen molar-refractivity contribution < 1.29 is 0 Å². The van der Waals surface area contributed by atoms with Gasteiger partial charge in [-0.25, -0.2) is 9.97 Å². The molecular formula is C25H18N2. The predicted octanol–water partition coefficient (Wildman–Crippen LogP) is 6.43. The minimum absolute atomic E-state index is 0.925. The smallest absolute Gasteiger partial charge is 0.0922 e. The number of aromatic nitrogens is 2. The topological polar surface area (TPSA) is 25.8 Å². The fraction of sp³-hybridized carbons (Fsp3) is 0.0400. The average Bonchev–Trinajstić information content (AvgIpc) is 2.73. The highest BCUT2D eigenvalue weighted by molar-refractivity contribution is 5.88. The third kappa shape index (κ3) is 2.85. The van der Waals surface area contributed by atoms with Crippen LogP contribution in [-0.4, -0.2) is 9.97 Å². The van der Waals surface area contributed by atoms with Gasteiger partial charge in [-0.2, -0.15) is 0 Å². The van der Waals surface area contributed by atoms with Crippen LogP contribution in [0.25, 0.3) is 44.2 Å². The lowest BCUT2D eigenvalue weighted by Crippen LogP contribution is -1.94. The molecule has 0 saturated carbocycles. The van der Waals surface area contributed by atoms with Crippen molar-refractivity contribution in [2.75, 3.05) is 0 Å². The lowest BCUT2D eigenvalue weighted by Gasteiger charge is -2.09. The summed E-state index contributed by atoms with van der Waals surface area (Å²) in [6.45, 7) is 2.03. The molecule has 0 saturated heterocycles. The standard InChI is InChI=1S/C25H18N2/c1-17-25(27-24-12-5-4-11-23(24)26-17)22-10-6-9-20(16-22)21-14-13-18-7-2-3-8-19(18)15-21/h2-16H,1H3. The highest BCUT2D eigenvalue weighted by atomic mass is 14.8. The summed E-state index contributed by atoms with van der Waals surface area (Å²) < 4.78 is 0. The van der Waals surface area contributed by atoms with Gasteiger partial charge in [-0.15, -0.1) is 0 Å². The van der Waals surface area contributed by atoms with E-state index in [9.17, 15) is 0 Å². The zero-order valence-electron chi connectivity index (χ0n) is 15.1. The van der Waals surface area contributed by atoms with Crippen LogP contribution in [-0.2, 0) is 0 Å². The largest absolute Gasteiger partial charge is 0.249 e. The Morgan fingerprint density at radius 2 is 1.19 bits per heavy atom. The zero-order chi connectivity index (χ0) is 18.2. The normalized spacial score (nSPS) is 11.1. The van der Waals surface area contributed by atoms with Crippen molar-refractivity contribution in [2.45, 2.75) is 6.92 Å². The predicted molar refractivity (Wildman–Crippen MR) is 113 cm³/mol. The summed E-state index contributed by atoms with van der Waals surface area (Å²) in [6.07, 6.45) is 0. The molecule has 0 atom stereocenters. The first kappa shape index (κ1) is 15.7. The molecule has 1 heterocycles. The van der Waals surface area contributed by atoms with E-state index in [1.54, 1.807) is 0 Å². The van der Waals surface area contributed by atoms with Crippen LogP contribution in [0, 0.1) is 6.92 Å². The van der Waals surface area contributed by atoms with Crippen molar-refractivity contribution in [3.63, 3.8) is 0 Å². The third-order valence-corrected chi connectivity index (χ3v) is 4.96. The minimum Gasteiger partial charge on any atom is -0.249 e. The second-order valence-electron chi connectivity index (χ2n) is 6.79. The van der Waals surface area contributed by atoms with Crippen molar-refractivity contribution in [3.05, 3.63) is 96.7 Å². The Hall–Kier alpha value is -3.52. The van der Waals surface area contributed by atoms with Crippen molar-refractivity contribution >= 4 is 21.8 Å². The van der Waals surface area contributed by atoms with Crippen LogP contribution in [0.5, 0.6) is 0 Å². The molecular weight excluding hydrogens is 328 g/mol. The van der Waals surface area contributed by atoms with E-state index in [-0.39, 0.29) is 0 Å². The van der Waals surface area contributed by atoms with Gasteiger partial charge in [0.05, 0.1) is 22.4 Å². The zero-order valence-corrected chi connectivity index (χ0v) is 15.1. The molecule has 2 heteroatoms. The number of rotatable bonds is 2. The highest BCUT2D eigenvalue weighted by Gasteiger charge is 2.09. The summed E-state index contributed by atoms with van der Waals surface area (Å²) in [6, 6.07) is 31.6. The molecule has 0 unspecified atom stereocenters. The van der Waals surface area contributed by atoms with Gasteiger partial charge in [0, 0.05) is 5.56 Å². The maximum Gasteiger partial charge on any atom is 0.0922 e. The fourth-order valence-corrected chi connectivity index (χ4v) is 3.58. The number of para-hydroxylation sites is 2. The monoisotopic (exact) mass is 346 g/mol. The van der Waals surface area contributed by atoms with Crippen molar-refractivity contribution in [3.8, 4) is 22.4 Å². The molecule has 0 aliphatic carbocycles. The SMILES string of the molecule is Cc1nc2ccccc2nc1-c1cccc(-c2ccc3ccccc3c2)c1. The molecule has 0 N–H and O–H groups in total. The van der Waals surface area contributed by atoms with Crippen LogP contribution in [0.15, 0.2) is 91.0 Å². The number of fused-ring (bicyclic) bond motifs is 2. The Labute approximate surface area is 158 Å². The Morgan fingerprint density at radius 1 is 0.519 bits per heavy atom. The number of aryl methyl sites for hydroxylation is 1. The second kappa shape index (κ2) is 6.33. The summed E-state index contributed by atoms with van der Waals surface area (Å²) in [5.41, 5.74) is 7.24. The lowest BCUT2D eigenvalue weighted by atomic mass is 9.98. The van der Waals surface area contributed by atoms with Crippen LogP contribution in [0.2, 0.25) is 0 Å². The summed E-state index contributed by atoms with van der Waals surface area (Å²) in [7, 11) is 0. The quantitative estimate of drug-likeness (QED) is 0.368. The molecule has 0 aliphatic heterocycles. The summed E-state index contributed by atoms with van der Waals surface area (Å²) >= 11 is 0. The molecule has 0 aliphatic rings. The molecule has 27 heavy (non-hydrogen) atoms. The molecule has 0 amide bonds. The van der Waals surface area contributed by atoms with E-state index in [0.717, 1.165) is 28.0 Å². The molecule has 1 aromatic heterocycles. The van der Waals surface area contributed by atoms with Crippen LogP contribution in [0.4, 0.5) is 0 Å². The van der Waals surface area contributed by atoms with Crippen LogP contribution < -0.4 is 0 Å². The first-order chi connectivity index (χ1) is 13.3. The van der Waals surface area contributed by atoms with Gasteiger partial charge in [0.2, 0.25) is 0 Å². The molecule has 5 rings (SSSR count). The van der Waals surface area contributed by atoms with Gasteiger partial charge in [0.15, 0.2) is 0 Å². The van der Waals surface area contributed by atoms with Crippen LogP contribution in [0.1, 0.15) is 5.69 Å². The van der Waals surface area contributed by atoms with E-state index in [4.69, 9.17) is 9.97 Å². The average molecular weight is 346 g/mol. The van der Waals surface area contributed by atoms with Gasteiger partial charge >= 0.3 is 0 Å². The maximum absolute atomic E-state index is 4.87. The molecule has 0 fully saturated rings. The van der Waals surface area contributed by atoms with Gasteiger partial charge in [-0.1, -0.05) is 66.7 Å². The fourth-order valence-electron chi connectivity index (χ4n) is 3.58. The highest BCUT2D eigenvalue weighted by Crippen LogP contribution is 2.29. The Balaban J connectivity index is 1.64. The van der Waals surface area contributed by atoms with Gasteiger partial charge in [-0.3, -0.25) is 0 Å². The minimum atomic E-state index is 0.925. The van der Waals surface area contributed by atoms with E-state index in [2.05, 4.69) is 66.7 Å². The summed E-state index contributed by atoms with van der Waals surface area (Å²) in [5, 5.41) is 2.51. The van der Waals surface area contributed by atoms with E-state index >= 15 is 0 Å². The first-order valence-corrected chi connectivity index (χ1v) is 9.11. The number of benzene rings is 4. The lowest BCUT2D eigenvalue weighted by molar-refractivity contribution is 1.19. The molecule has 0 radical (unpaired) electrons.